The SMILES string of the molecule is Cc1ccc(Nc2nc(N)cc(Nc3ccn4ccnc4c3)n2)nc1. The third-order valence-electron chi connectivity index (χ3n) is 3.57. The Morgan fingerprint density at radius 3 is 2.72 bits per heavy atom. The van der Waals surface area contributed by atoms with Gasteiger partial charge < -0.3 is 20.8 Å². The van der Waals surface area contributed by atoms with Crippen LogP contribution in [0.5, 0.6) is 0 Å². The van der Waals surface area contributed by atoms with Crippen molar-refractivity contribution in [1.29, 1.82) is 0 Å². The second kappa shape index (κ2) is 6.08. The lowest BCUT2D eigenvalue weighted by atomic mass is 10.3. The number of hydrogen-bond donors (Lipinski definition) is 3. The van der Waals surface area contributed by atoms with Gasteiger partial charge in [-0.15, -0.1) is 0 Å². The number of imidazole rings is 1. The monoisotopic (exact) mass is 332 g/mol. The summed E-state index contributed by atoms with van der Waals surface area (Å²) >= 11 is 0. The molecule has 0 aliphatic heterocycles. The fraction of sp³-hybridized carbons (Fsp3) is 0.0588. The summed E-state index contributed by atoms with van der Waals surface area (Å²) in [7, 11) is 0. The van der Waals surface area contributed by atoms with Crippen LogP contribution in [-0.2, 0) is 0 Å². The smallest absolute Gasteiger partial charge is 0.232 e. The second-order valence-electron chi connectivity index (χ2n) is 5.58. The average Bonchev–Trinajstić information content (AvgIpc) is 3.04. The van der Waals surface area contributed by atoms with E-state index in [0.29, 0.717) is 23.4 Å². The van der Waals surface area contributed by atoms with Crippen molar-refractivity contribution in [2.24, 2.45) is 0 Å². The average molecular weight is 332 g/mol. The van der Waals surface area contributed by atoms with Gasteiger partial charge in [0.25, 0.3) is 0 Å². The molecule has 0 bridgehead atoms. The Hall–Kier alpha value is -3.68. The first kappa shape index (κ1) is 14.9. The summed E-state index contributed by atoms with van der Waals surface area (Å²) in [4.78, 5) is 17.2. The predicted molar refractivity (Wildman–Crippen MR) is 97.2 cm³/mol. The lowest BCUT2D eigenvalue weighted by Gasteiger charge is -2.10. The summed E-state index contributed by atoms with van der Waals surface area (Å²) in [6.45, 7) is 1.98. The summed E-state index contributed by atoms with van der Waals surface area (Å²) in [6, 6.07) is 9.35. The number of hydrogen-bond acceptors (Lipinski definition) is 7. The maximum atomic E-state index is 5.90. The Bertz CT molecular complexity index is 1020. The van der Waals surface area contributed by atoms with Crippen molar-refractivity contribution >= 4 is 34.7 Å². The van der Waals surface area contributed by atoms with E-state index in [1.165, 1.54) is 0 Å². The van der Waals surface area contributed by atoms with Gasteiger partial charge in [0.1, 0.15) is 23.1 Å². The first-order chi connectivity index (χ1) is 12.2. The number of nitrogens with two attached hydrogens (primary N) is 1. The van der Waals surface area contributed by atoms with E-state index >= 15 is 0 Å². The van der Waals surface area contributed by atoms with Gasteiger partial charge in [-0.1, -0.05) is 6.07 Å². The van der Waals surface area contributed by atoms with Gasteiger partial charge in [0.15, 0.2) is 0 Å². The highest BCUT2D eigenvalue weighted by atomic mass is 15.2. The molecule has 4 N–H and O–H groups in total. The first-order valence-electron chi connectivity index (χ1n) is 7.70. The Balaban J connectivity index is 1.59. The number of nitrogen functional groups attached to an aromatic ring is 1. The number of fused-ring (bicyclic) bond motifs is 1. The van der Waals surface area contributed by atoms with Gasteiger partial charge in [0.2, 0.25) is 5.95 Å². The Labute approximate surface area is 143 Å². The molecule has 0 saturated heterocycles. The van der Waals surface area contributed by atoms with E-state index in [1.807, 2.05) is 48.0 Å². The molecular weight excluding hydrogens is 316 g/mol. The minimum absolute atomic E-state index is 0.356. The number of rotatable bonds is 4. The molecule has 0 radical (unpaired) electrons. The number of anilines is 5. The first-order valence-corrected chi connectivity index (χ1v) is 7.70. The highest BCUT2D eigenvalue weighted by Crippen LogP contribution is 2.20. The van der Waals surface area contributed by atoms with Crippen LogP contribution < -0.4 is 16.4 Å². The minimum Gasteiger partial charge on any atom is -0.383 e. The molecule has 0 amide bonds. The molecule has 0 aliphatic carbocycles. The van der Waals surface area contributed by atoms with E-state index in [-0.39, 0.29) is 0 Å². The van der Waals surface area contributed by atoms with Crippen LogP contribution in [0.25, 0.3) is 5.65 Å². The maximum absolute atomic E-state index is 5.90. The normalized spacial score (nSPS) is 10.8. The molecule has 124 valence electrons. The van der Waals surface area contributed by atoms with E-state index in [4.69, 9.17) is 5.73 Å². The highest BCUT2D eigenvalue weighted by molar-refractivity contribution is 5.64. The van der Waals surface area contributed by atoms with E-state index in [0.717, 1.165) is 16.9 Å². The number of nitrogens with one attached hydrogen (secondary N) is 2. The standard InChI is InChI=1S/C17H16N8/c1-11-2-3-14(20-10-11)23-17-22-13(18)9-15(24-17)21-12-4-6-25-7-5-19-16(25)8-12/h2-10H,1H3,(H4,18,20,21,22,23,24). The van der Waals surface area contributed by atoms with Gasteiger partial charge in [-0.05, 0) is 24.6 Å². The van der Waals surface area contributed by atoms with E-state index < -0.39 is 0 Å². The molecule has 4 rings (SSSR count). The van der Waals surface area contributed by atoms with Crippen LogP contribution in [0.1, 0.15) is 5.56 Å². The number of aryl methyl sites for hydroxylation is 1. The second-order valence-corrected chi connectivity index (χ2v) is 5.58. The van der Waals surface area contributed by atoms with Crippen molar-refractivity contribution in [3.05, 3.63) is 60.7 Å². The molecule has 0 aromatic carbocycles. The van der Waals surface area contributed by atoms with Gasteiger partial charge in [-0.25, -0.2) is 9.97 Å². The van der Waals surface area contributed by atoms with Crippen molar-refractivity contribution in [3.63, 3.8) is 0 Å². The molecule has 4 aromatic heterocycles. The zero-order valence-corrected chi connectivity index (χ0v) is 13.5. The van der Waals surface area contributed by atoms with E-state index in [9.17, 15) is 0 Å². The van der Waals surface area contributed by atoms with Crippen LogP contribution in [-0.4, -0.2) is 24.3 Å². The lowest BCUT2D eigenvalue weighted by molar-refractivity contribution is 1.15. The van der Waals surface area contributed by atoms with Crippen LogP contribution in [0.3, 0.4) is 0 Å². The van der Waals surface area contributed by atoms with Gasteiger partial charge in [0.05, 0.1) is 0 Å². The highest BCUT2D eigenvalue weighted by Gasteiger charge is 2.05. The van der Waals surface area contributed by atoms with Gasteiger partial charge in [0, 0.05) is 42.6 Å². The topological polar surface area (TPSA) is 106 Å². The van der Waals surface area contributed by atoms with Gasteiger partial charge in [-0.3, -0.25) is 0 Å². The van der Waals surface area contributed by atoms with Crippen molar-refractivity contribution < 1.29 is 0 Å². The molecule has 8 nitrogen and oxygen atoms in total. The van der Waals surface area contributed by atoms with E-state index in [2.05, 4.69) is 30.6 Å². The Morgan fingerprint density at radius 1 is 0.960 bits per heavy atom. The zero-order valence-electron chi connectivity index (χ0n) is 13.5. The van der Waals surface area contributed by atoms with Crippen LogP contribution >= 0.6 is 0 Å². The lowest BCUT2D eigenvalue weighted by Crippen LogP contribution is -2.04. The van der Waals surface area contributed by atoms with Crippen molar-refractivity contribution in [3.8, 4) is 0 Å². The third kappa shape index (κ3) is 3.32. The summed E-state index contributed by atoms with van der Waals surface area (Å²) in [5.41, 5.74) is 8.68. The molecule has 4 aromatic rings. The number of nitrogens with zero attached hydrogens (tertiary/aromatic N) is 5. The quantitative estimate of drug-likeness (QED) is 0.527. The largest absolute Gasteiger partial charge is 0.383 e. The summed E-state index contributed by atoms with van der Waals surface area (Å²) in [6.07, 6.45) is 7.33. The molecule has 8 heteroatoms. The molecule has 25 heavy (non-hydrogen) atoms. The summed E-state index contributed by atoms with van der Waals surface area (Å²) in [5.74, 6) is 1.97. The van der Waals surface area contributed by atoms with Crippen LogP contribution in [0, 0.1) is 6.92 Å². The molecule has 0 fully saturated rings. The summed E-state index contributed by atoms with van der Waals surface area (Å²) in [5, 5.41) is 6.27. The van der Waals surface area contributed by atoms with Crippen LogP contribution in [0.4, 0.5) is 29.1 Å². The van der Waals surface area contributed by atoms with E-state index in [1.54, 1.807) is 18.5 Å². The van der Waals surface area contributed by atoms with Gasteiger partial charge in [-0.2, -0.15) is 9.97 Å². The molecule has 0 aliphatic rings. The molecule has 4 heterocycles. The fourth-order valence-corrected chi connectivity index (χ4v) is 2.38. The molecular formula is C17H16N8. The van der Waals surface area contributed by atoms with Crippen molar-refractivity contribution in [2.45, 2.75) is 6.92 Å². The van der Waals surface area contributed by atoms with Crippen molar-refractivity contribution in [1.82, 2.24) is 24.3 Å². The van der Waals surface area contributed by atoms with Crippen LogP contribution in [0.15, 0.2) is 55.1 Å². The Kier molecular flexibility index (Phi) is 3.62. The van der Waals surface area contributed by atoms with Crippen molar-refractivity contribution in [2.75, 3.05) is 16.4 Å². The molecule has 0 unspecified atom stereocenters. The molecule has 0 atom stereocenters. The maximum Gasteiger partial charge on any atom is 0.232 e. The third-order valence-corrected chi connectivity index (χ3v) is 3.57. The minimum atomic E-state index is 0.356. The number of aromatic nitrogens is 5. The van der Waals surface area contributed by atoms with Gasteiger partial charge >= 0.3 is 0 Å². The predicted octanol–water partition coefficient (Wildman–Crippen LogP) is 2.90. The summed E-state index contributed by atoms with van der Waals surface area (Å²) < 4.78 is 1.93. The Morgan fingerprint density at radius 2 is 1.88 bits per heavy atom. The molecule has 0 spiro atoms. The van der Waals surface area contributed by atoms with Crippen LogP contribution in [0.2, 0.25) is 0 Å². The number of pyridine rings is 2. The zero-order chi connectivity index (χ0) is 17.2. The fourth-order valence-electron chi connectivity index (χ4n) is 2.38. The molecule has 0 saturated carbocycles.